The first-order valence-electron chi connectivity index (χ1n) is 7.26. The van der Waals surface area contributed by atoms with Crippen molar-refractivity contribution in [2.45, 2.75) is 51.7 Å². The Morgan fingerprint density at radius 1 is 1.47 bits per heavy atom. The van der Waals surface area contributed by atoms with E-state index in [1.54, 1.807) is 0 Å². The van der Waals surface area contributed by atoms with Gasteiger partial charge in [0.25, 0.3) is 0 Å². The van der Waals surface area contributed by atoms with Gasteiger partial charge in [0.1, 0.15) is 6.04 Å². The Hall–Kier alpha value is -1.10. The SMILES string of the molecule is CC(C)CCO[C@@H]1CCN(C(=O)[C@H]2CCC(=O)N2)C1. The van der Waals surface area contributed by atoms with Gasteiger partial charge in [0.15, 0.2) is 0 Å². The highest BCUT2D eigenvalue weighted by Crippen LogP contribution is 2.17. The van der Waals surface area contributed by atoms with E-state index in [9.17, 15) is 9.59 Å². The van der Waals surface area contributed by atoms with Crippen LogP contribution >= 0.6 is 0 Å². The van der Waals surface area contributed by atoms with Crippen LogP contribution in [0.15, 0.2) is 0 Å². The highest BCUT2D eigenvalue weighted by Gasteiger charge is 2.34. The molecule has 2 atom stereocenters. The lowest BCUT2D eigenvalue weighted by Gasteiger charge is -2.20. The lowest BCUT2D eigenvalue weighted by atomic mass is 10.1. The first-order chi connectivity index (χ1) is 9.06. The van der Waals surface area contributed by atoms with Crippen LogP contribution in [0.5, 0.6) is 0 Å². The van der Waals surface area contributed by atoms with E-state index in [1.165, 1.54) is 0 Å². The fourth-order valence-corrected chi connectivity index (χ4v) is 2.55. The molecule has 2 fully saturated rings. The summed E-state index contributed by atoms with van der Waals surface area (Å²) in [5.41, 5.74) is 0. The van der Waals surface area contributed by atoms with Crippen molar-refractivity contribution in [3.05, 3.63) is 0 Å². The van der Waals surface area contributed by atoms with Crippen molar-refractivity contribution in [1.82, 2.24) is 10.2 Å². The Labute approximate surface area is 114 Å². The molecule has 0 aromatic rings. The average molecular weight is 268 g/mol. The molecule has 0 aromatic heterocycles. The summed E-state index contributed by atoms with van der Waals surface area (Å²) in [5.74, 6) is 0.691. The number of carbonyl (C=O) groups excluding carboxylic acids is 2. The summed E-state index contributed by atoms with van der Waals surface area (Å²) in [6.07, 6.45) is 3.24. The second-order valence-corrected chi connectivity index (χ2v) is 5.91. The molecule has 2 aliphatic rings. The van der Waals surface area contributed by atoms with Gasteiger partial charge in [0, 0.05) is 26.1 Å². The van der Waals surface area contributed by atoms with Crippen LogP contribution in [0.4, 0.5) is 0 Å². The summed E-state index contributed by atoms with van der Waals surface area (Å²) in [7, 11) is 0. The second kappa shape index (κ2) is 6.37. The zero-order valence-electron chi connectivity index (χ0n) is 11.9. The maximum atomic E-state index is 12.2. The number of ether oxygens (including phenoxy) is 1. The maximum absolute atomic E-state index is 12.2. The third kappa shape index (κ3) is 3.93. The predicted octanol–water partition coefficient (Wildman–Crippen LogP) is 0.929. The van der Waals surface area contributed by atoms with Gasteiger partial charge in [-0.15, -0.1) is 0 Å². The first-order valence-corrected chi connectivity index (χ1v) is 7.26. The Morgan fingerprint density at radius 3 is 2.89 bits per heavy atom. The third-order valence-corrected chi connectivity index (χ3v) is 3.80. The molecule has 2 aliphatic heterocycles. The Kier molecular flexibility index (Phi) is 4.80. The average Bonchev–Trinajstić information content (AvgIpc) is 2.97. The summed E-state index contributed by atoms with van der Waals surface area (Å²) in [6.45, 7) is 6.54. The van der Waals surface area contributed by atoms with Crippen LogP contribution in [-0.4, -0.2) is 48.6 Å². The minimum Gasteiger partial charge on any atom is -0.376 e. The number of rotatable bonds is 5. The number of carbonyl (C=O) groups is 2. The van der Waals surface area contributed by atoms with Gasteiger partial charge in [0.05, 0.1) is 6.10 Å². The van der Waals surface area contributed by atoms with Gasteiger partial charge in [-0.05, 0) is 25.2 Å². The smallest absolute Gasteiger partial charge is 0.245 e. The molecule has 2 amide bonds. The van der Waals surface area contributed by atoms with Crippen LogP contribution in [0.1, 0.15) is 39.5 Å². The zero-order chi connectivity index (χ0) is 13.8. The van der Waals surface area contributed by atoms with Crippen molar-refractivity contribution in [2.24, 2.45) is 5.92 Å². The Bertz CT molecular complexity index is 344. The summed E-state index contributed by atoms with van der Waals surface area (Å²) in [5, 5.41) is 2.73. The van der Waals surface area contributed by atoms with E-state index in [2.05, 4.69) is 19.2 Å². The maximum Gasteiger partial charge on any atom is 0.245 e. The number of likely N-dealkylation sites (tertiary alicyclic amines) is 1. The van der Waals surface area contributed by atoms with Gasteiger partial charge in [-0.2, -0.15) is 0 Å². The van der Waals surface area contributed by atoms with Crippen molar-refractivity contribution in [3.63, 3.8) is 0 Å². The van der Waals surface area contributed by atoms with E-state index in [0.29, 0.717) is 25.3 Å². The van der Waals surface area contributed by atoms with E-state index < -0.39 is 0 Å². The molecule has 108 valence electrons. The summed E-state index contributed by atoms with van der Waals surface area (Å²) < 4.78 is 5.80. The van der Waals surface area contributed by atoms with Crippen molar-refractivity contribution in [2.75, 3.05) is 19.7 Å². The zero-order valence-corrected chi connectivity index (χ0v) is 11.9. The molecule has 0 spiro atoms. The van der Waals surface area contributed by atoms with Crippen LogP contribution in [0, 0.1) is 5.92 Å². The fourth-order valence-electron chi connectivity index (χ4n) is 2.55. The molecule has 19 heavy (non-hydrogen) atoms. The fraction of sp³-hybridized carbons (Fsp3) is 0.857. The number of hydrogen-bond donors (Lipinski definition) is 1. The molecule has 0 aliphatic carbocycles. The van der Waals surface area contributed by atoms with E-state index in [0.717, 1.165) is 26.0 Å². The predicted molar refractivity (Wildman–Crippen MR) is 71.6 cm³/mol. The number of amides is 2. The molecule has 0 unspecified atom stereocenters. The number of nitrogens with one attached hydrogen (secondary N) is 1. The van der Waals surface area contributed by atoms with E-state index >= 15 is 0 Å². The molecule has 0 radical (unpaired) electrons. The highest BCUT2D eigenvalue weighted by molar-refractivity contribution is 5.90. The van der Waals surface area contributed by atoms with Crippen LogP contribution < -0.4 is 5.32 Å². The molecule has 5 nitrogen and oxygen atoms in total. The summed E-state index contributed by atoms with van der Waals surface area (Å²) in [6, 6.07) is -0.304. The molecular weight excluding hydrogens is 244 g/mol. The lowest BCUT2D eigenvalue weighted by molar-refractivity contribution is -0.133. The molecular formula is C14H24N2O3. The molecule has 1 N–H and O–H groups in total. The van der Waals surface area contributed by atoms with Crippen molar-refractivity contribution in [1.29, 1.82) is 0 Å². The minimum atomic E-state index is -0.304. The van der Waals surface area contributed by atoms with Crippen molar-refractivity contribution >= 4 is 11.8 Å². The topological polar surface area (TPSA) is 58.6 Å². The van der Waals surface area contributed by atoms with Crippen LogP contribution in [0.25, 0.3) is 0 Å². The Balaban J connectivity index is 1.72. The monoisotopic (exact) mass is 268 g/mol. The molecule has 0 bridgehead atoms. The van der Waals surface area contributed by atoms with Crippen LogP contribution in [-0.2, 0) is 14.3 Å². The highest BCUT2D eigenvalue weighted by atomic mass is 16.5. The lowest BCUT2D eigenvalue weighted by Crippen LogP contribution is -2.43. The van der Waals surface area contributed by atoms with Gasteiger partial charge in [-0.3, -0.25) is 9.59 Å². The molecule has 5 heteroatoms. The normalized spacial score (nSPS) is 27.1. The summed E-state index contributed by atoms with van der Waals surface area (Å²) >= 11 is 0. The quantitative estimate of drug-likeness (QED) is 0.807. The van der Waals surface area contributed by atoms with E-state index in [4.69, 9.17) is 4.74 Å². The number of nitrogens with zero attached hydrogens (tertiary/aromatic N) is 1. The van der Waals surface area contributed by atoms with Crippen molar-refractivity contribution < 1.29 is 14.3 Å². The molecule has 2 saturated heterocycles. The van der Waals surface area contributed by atoms with Gasteiger partial charge in [-0.1, -0.05) is 13.8 Å². The first kappa shape index (κ1) is 14.3. The molecule has 2 heterocycles. The van der Waals surface area contributed by atoms with E-state index in [1.807, 2.05) is 4.90 Å². The van der Waals surface area contributed by atoms with Gasteiger partial charge in [-0.25, -0.2) is 0 Å². The third-order valence-electron chi connectivity index (χ3n) is 3.80. The van der Waals surface area contributed by atoms with Crippen molar-refractivity contribution in [3.8, 4) is 0 Å². The second-order valence-electron chi connectivity index (χ2n) is 5.91. The largest absolute Gasteiger partial charge is 0.376 e. The minimum absolute atomic E-state index is 0.0118. The van der Waals surface area contributed by atoms with E-state index in [-0.39, 0.29) is 24.0 Å². The van der Waals surface area contributed by atoms with Crippen LogP contribution in [0.2, 0.25) is 0 Å². The van der Waals surface area contributed by atoms with Gasteiger partial charge >= 0.3 is 0 Å². The van der Waals surface area contributed by atoms with Crippen LogP contribution in [0.3, 0.4) is 0 Å². The summed E-state index contributed by atoms with van der Waals surface area (Å²) in [4.78, 5) is 25.1. The molecule has 2 rings (SSSR count). The molecule has 0 aromatic carbocycles. The standard InChI is InChI=1S/C14H24N2O3/c1-10(2)6-8-19-11-5-7-16(9-11)14(18)12-3-4-13(17)15-12/h10-12H,3-9H2,1-2H3,(H,15,17)/t11-,12-/m1/s1. The van der Waals surface area contributed by atoms with Gasteiger partial charge in [0.2, 0.25) is 11.8 Å². The molecule has 0 saturated carbocycles. The number of hydrogen-bond acceptors (Lipinski definition) is 3. The van der Waals surface area contributed by atoms with Gasteiger partial charge < -0.3 is 15.0 Å². The Morgan fingerprint density at radius 2 is 2.26 bits per heavy atom.